The van der Waals surface area contributed by atoms with Gasteiger partial charge in [-0.25, -0.2) is 0 Å². The molecule has 1 nitrogen and oxygen atoms in total. The zero-order valence-corrected chi connectivity index (χ0v) is 21.9. The molecule has 0 aromatic heterocycles. The Morgan fingerprint density at radius 2 is 0.871 bits per heavy atom. The van der Waals surface area contributed by atoms with Crippen LogP contribution in [0, 0.1) is 0 Å². The third-order valence-electron chi connectivity index (χ3n) is 5.43. The highest BCUT2D eigenvalue weighted by molar-refractivity contribution is 5.10. The SMILES string of the molecule is CC(C)=CCC/C(C)=C/CC/C(C)=C/C[C@H](O)/C=C(\C)CC/C=C(\C)CCC=C(C)C. The van der Waals surface area contributed by atoms with Gasteiger partial charge in [-0.2, -0.15) is 0 Å². The van der Waals surface area contributed by atoms with Gasteiger partial charge in [-0.1, -0.05) is 69.9 Å². The first-order chi connectivity index (χ1) is 14.6. The van der Waals surface area contributed by atoms with E-state index in [2.05, 4.69) is 85.8 Å². The molecule has 1 heteroatoms. The van der Waals surface area contributed by atoms with Crippen LogP contribution in [0.5, 0.6) is 0 Å². The van der Waals surface area contributed by atoms with Gasteiger partial charge >= 0.3 is 0 Å². The predicted octanol–water partition coefficient (Wildman–Crippen LogP) is 9.58. The summed E-state index contributed by atoms with van der Waals surface area (Å²) in [5.74, 6) is 0. The summed E-state index contributed by atoms with van der Waals surface area (Å²) in [7, 11) is 0. The van der Waals surface area contributed by atoms with Crippen LogP contribution in [-0.2, 0) is 0 Å². The molecule has 0 radical (unpaired) electrons. The Kier molecular flexibility index (Phi) is 17.1. The average molecular weight is 427 g/mol. The van der Waals surface area contributed by atoms with Crippen LogP contribution in [0.3, 0.4) is 0 Å². The van der Waals surface area contributed by atoms with Crippen LogP contribution in [0.25, 0.3) is 0 Å². The van der Waals surface area contributed by atoms with E-state index in [1.807, 2.05) is 6.08 Å². The number of rotatable bonds is 15. The second-order valence-electron chi connectivity index (χ2n) is 9.69. The Bertz CT molecular complexity index is 671. The van der Waals surface area contributed by atoms with E-state index < -0.39 is 0 Å². The lowest BCUT2D eigenvalue weighted by atomic mass is 10.0. The first-order valence-corrected chi connectivity index (χ1v) is 12.2. The molecule has 0 unspecified atom stereocenters. The maximum Gasteiger partial charge on any atom is 0.0757 e. The van der Waals surface area contributed by atoms with Gasteiger partial charge in [0.15, 0.2) is 0 Å². The lowest BCUT2D eigenvalue weighted by molar-refractivity contribution is 0.225. The highest BCUT2D eigenvalue weighted by atomic mass is 16.3. The van der Waals surface area contributed by atoms with Crippen LogP contribution in [0.4, 0.5) is 0 Å². The zero-order valence-electron chi connectivity index (χ0n) is 21.9. The molecule has 0 spiro atoms. The summed E-state index contributed by atoms with van der Waals surface area (Å²) in [5, 5.41) is 10.3. The van der Waals surface area contributed by atoms with Crippen molar-refractivity contribution in [2.45, 2.75) is 119 Å². The molecule has 31 heavy (non-hydrogen) atoms. The molecular formula is C30H50O. The van der Waals surface area contributed by atoms with Crippen molar-refractivity contribution in [3.63, 3.8) is 0 Å². The van der Waals surface area contributed by atoms with Crippen molar-refractivity contribution in [1.29, 1.82) is 0 Å². The number of allylic oxidation sites excluding steroid dienone is 10. The van der Waals surface area contributed by atoms with Gasteiger partial charge in [0.25, 0.3) is 0 Å². The van der Waals surface area contributed by atoms with Crippen LogP contribution in [0.1, 0.15) is 113 Å². The van der Waals surface area contributed by atoms with E-state index in [0.717, 1.165) is 51.4 Å². The summed E-state index contributed by atoms with van der Waals surface area (Å²) in [6.07, 6.45) is 22.7. The van der Waals surface area contributed by atoms with Crippen LogP contribution in [0.15, 0.2) is 69.9 Å². The minimum absolute atomic E-state index is 0.376. The van der Waals surface area contributed by atoms with E-state index in [4.69, 9.17) is 0 Å². The van der Waals surface area contributed by atoms with Crippen molar-refractivity contribution in [2.24, 2.45) is 0 Å². The van der Waals surface area contributed by atoms with Crippen molar-refractivity contribution >= 4 is 0 Å². The Hall–Kier alpha value is -1.60. The molecule has 0 aliphatic heterocycles. The fourth-order valence-corrected chi connectivity index (χ4v) is 3.38. The van der Waals surface area contributed by atoms with E-state index in [1.165, 1.54) is 33.4 Å². The first kappa shape index (κ1) is 29.4. The molecule has 0 aromatic carbocycles. The molecule has 0 heterocycles. The summed E-state index contributed by atoms with van der Waals surface area (Å²) in [6, 6.07) is 0. The van der Waals surface area contributed by atoms with Crippen molar-refractivity contribution in [1.82, 2.24) is 0 Å². The third kappa shape index (κ3) is 20.1. The smallest absolute Gasteiger partial charge is 0.0757 e. The molecule has 0 fully saturated rings. The van der Waals surface area contributed by atoms with Crippen LogP contribution < -0.4 is 0 Å². The predicted molar refractivity (Wildman–Crippen MR) is 141 cm³/mol. The van der Waals surface area contributed by atoms with Crippen LogP contribution in [0.2, 0.25) is 0 Å². The normalized spacial score (nSPS) is 14.5. The summed E-state index contributed by atoms with van der Waals surface area (Å²) in [5.41, 5.74) is 8.38. The van der Waals surface area contributed by atoms with Crippen LogP contribution >= 0.6 is 0 Å². The largest absolute Gasteiger partial charge is 0.389 e. The quantitative estimate of drug-likeness (QED) is 0.258. The Morgan fingerprint density at radius 1 is 0.516 bits per heavy atom. The van der Waals surface area contributed by atoms with E-state index in [9.17, 15) is 5.11 Å². The van der Waals surface area contributed by atoms with Crippen molar-refractivity contribution in [3.8, 4) is 0 Å². The van der Waals surface area contributed by atoms with Gasteiger partial charge in [-0.15, -0.1) is 0 Å². The molecule has 1 N–H and O–H groups in total. The van der Waals surface area contributed by atoms with E-state index in [0.29, 0.717) is 6.42 Å². The summed E-state index contributed by atoms with van der Waals surface area (Å²) in [4.78, 5) is 0. The van der Waals surface area contributed by atoms with Gasteiger partial charge in [-0.3, -0.25) is 0 Å². The van der Waals surface area contributed by atoms with Gasteiger partial charge in [-0.05, 0) is 113 Å². The summed E-state index contributed by atoms with van der Waals surface area (Å²) in [6.45, 7) is 17.4. The fraction of sp³-hybridized carbons (Fsp3) is 0.600. The lowest BCUT2D eigenvalue weighted by Gasteiger charge is -2.07. The molecule has 0 amide bonds. The fourth-order valence-electron chi connectivity index (χ4n) is 3.38. The maximum absolute atomic E-state index is 10.3. The molecule has 0 aliphatic rings. The van der Waals surface area contributed by atoms with E-state index >= 15 is 0 Å². The minimum atomic E-state index is -0.376. The highest BCUT2D eigenvalue weighted by Crippen LogP contribution is 2.15. The monoisotopic (exact) mass is 426 g/mol. The third-order valence-corrected chi connectivity index (χ3v) is 5.43. The van der Waals surface area contributed by atoms with E-state index in [1.54, 1.807) is 0 Å². The first-order valence-electron chi connectivity index (χ1n) is 12.2. The lowest BCUT2D eigenvalue weighted by Crippen LogP contribution is -2.01. The number of aliphatic hydroxyl groups excluding tert-OH is 1. The molecule has 0 bridgehead atoms. The number of hydrogen-bond donors (Lipinski definition) is 1. The molecule has 0 aliphatic carbocycles. The Morgan fingerprint density at radius 3 is 1.29 bits per heavy atom. The van der Waals surface area contributed by atoms with Crippen molar-refractivity contribution < 1.29 is 5.11 Å². The van der Waals surface area contributed by atoms with Crippen LogP contribution in [-0.4, -0.2) is 11.2 Å². The summed E-state index contributed by atoms with van der Waals surface area (Å²) < 4.78 is 0. The zero-order chi connectivity index (χ0) is 23.6. The minimum Gasteiger partial charge on any atom is -0.389 e. The second-order valence-corrected chi connectivity index (χ2v) is 9.69. The van der Waals surface area contributed by atoms with Gasteiger partial charge in [0.2, 0.25) is 0 Å². The molecule has 0 aromatic rings. The standard InChI is InChI=1S/C30H50O/c1-24(2)13-9-15-26(5)17-11-19-28(7)21-22-30(31)23-29(8)20-12-18-27(6)16-10-14-25(3)4/h13-14,17-18,21,23,30-31H,9-12,15-16,19-20,22H2,1-8H3/b26-17+,27-18+,28-21+,29-23+/t30-/m0/s1. The summed E-state index contributed by atoms with van der Waals surface area (Å²) >= 11 is 0. The molecule has 0 saturated heterocycles. The van der Waals surface area contributed by atoms with Gasteiger partial charge in [0.05, 0.1) is 6.10 Å². The Balaban J connectivity index is 4.25. The second kappa shape index (κ2) is 18.0. The average Bonchev–Trinajstić information content (AvgIpc) is 2.65. The van der Waals surface area contributed by atoms with Crippen molar-refractivity contribution in [2.75, 3.05) is 0 Å². The molecular weight excluding hydrogens is 376 g/mol. The van der Waals surface area contributed by atoms with Gasteiger partial charge in [0, 0.05) is 0 Å². The van der Waals surface area contributed by atoms with Gasteiger partial charge in [0.1, 0.15) is 0 Å². The van der Waals surface area contributed by atoms with E-state index in [-0.39, 0.29) is 6.10 Å². The molecule has 1 atom stereocenters. The van der Waals surface area contributed by atoms with Gasteiger partial charge < -0.3 is 5.11 Å². The number of aliphatic hydroxyl groups is 1. The molecule has 176 valence electrons. The van der Waals surface area contributed by atoms with Crippen molar-refractivity contribution in [3.05, 3.63) is 69.9 Å². The number of hydrogen-bond acceptors (Lipinski definition) is 1. The Labute approximate surface area is 194 Å². The molecule has 0 saturated carbocycles. The molecule has 0 rings (SSSR count). The topological polar surface area (TPSA) is 20.2 Å². The maximum atomic E-state index is 10.3. The highest BCUT2D eigenvalue weighted by Gasteiger charge is 2.00.